The van der Waals surface area contributed by atoms with Crippen molar-refractivity contribution in [1.29, 1.82) is 0 Å². The SMILES string of the molecule is CN(CCCO)C(=O)c1ccc(N2CCCNCC2)cc1. The zero-order chi connectivity index (χ0) is 15.1. The van der Waals surface area contributed by atoms with Crippen LogP contribution in [0.5, 0.6) is 0 Å². The lowest BCUT2D eigenvalue weighted by molar-refractivity contribution is 0.0786. The molecule has 0 atom stereocenters. The Labute approximate surface area is 126 Å². The minimum absolute atomic E-state index is 0.00698. The molecule has 0 unspecified atom stereocenters. The van der Waals surface area contributed by atoms with Crippen molar-refractivity contribution in [2.24, 2.45) is 0 Å². The second kappa shape index (κ2) is 8.00. The summed E-state index contributed by atoms with van der Waals surface area (Å²) in [6.07, 6.45) is 1.76. The van der Waals surface area contributed by atoms with E-state index in [1.807, 2.05) is 24.3 Å². The number of carbonyl (C=O) groups is 1. The number of hydrogen-bond acceptors (Lipinski definition) is 4. The van der Waals surface area contributed by atoms with E-state index in [9.17, 15) is 4.79 Å². The summed E-state index contributed by atoms with van der Waals surface area (Å²) in [7, 11) is 1.77. The highest BCUT2D eigenvalue weighted by Gasteiger charge is 2.13. The number of nitrogens with zero attached hydrogens (tertiary/aromatic N) is 2. The molecule has 1 aromatic carbocycles. The molecule has 5 heteroatoms. The van der Waals surface area contributed by atoms with Gasteiger partial charge in [0, 0.05) is 51.1 Å². The smallest absolute Gasteiger partial charge is 0.253 e. The van der Waals surface area contributed by atoms with Crippen molar-refractivity contribution in [1.82, 2.24) is 10.2 Å². The van der Waals surface area contributed by atoms with Crippen LogP contribution < -0.4 is 10.2 Å². The third-order valence-corrected chi connectivity index (χ3v) is 3.82. The second-order valence-electron chi connectivity index (χ2n) is 5.44. The molecule has 1 fully saturated rings. The van der Waals surface area contributed by atoms with Gasteiger partial charge in [-0.2, -0.15) is 0 Å². The van der Waals surface area contributed by atoms with Crippen LogP contribution >= 0.6 is 0 Å². The van der Waals surface area contributed by atoms with Crippen molar-refractivity contribution in [2.75, 3.05) is 51.3 Å². The molecule has 1 aliphatic heterocycles. The zero-order valence-corrected chi connectivity index (χ0v) is 12.7. The number of aliphatic hydroxyl groups is 1. The van der Waals surface area contributed by atoms with Crippen molar-refractivity contribution >= 4 is 11.6 Å². The summed E-state index contributed by atoms with van der Waals surface area (Å²) in [6.45, 7) is 4.82. The molecule has 116 valence electrons. The number of benzene rings is 1. The summed E-state index contributed by atoms with van der Waals surface area (Å²) >= 11 is 0. The van der Waals surface area contributed by atoms with E-state index in [0.717, 1.165) is 32.6 Å². The molecule has 0 aromatic heterocycles. The van der Waals surface area contributed by atoms with Crippen LogP contribution in [0, 0.1) is 0 Å². The van der Waals surface area contributed by atoms with Crippen LogP contribution in [-0.4, -0.2) is 62.3 Å². The standard InChI is InChI=1S/C16H25N3O2/c1-18(10-3-13-20)16(21)14-4-6-15(7-5-14)19-11-2-8-17-9-12-19/h4-7,17,20H,2-3,8-13H2,1H3. The van der Waals surface area contributed by atoms with E-state index in [0.29, 0.717) is 18.5 Å². The first-order valence-electron chi connectivity index (χ1n) is 7.64. The molecule has 1 amide bonds. The molecule has 1 saturated heterocycles. The molecule has 5 nitrogen and oxygen atoms in total. The highest BCUT2D eigenvalue weighted by molar-refractivity contribution is 5.94. The lowest BCUT2D eigenvalue weighted by atomic mass is 10.1. The Kier molecular flexibility index (Phi) is 6.02. The van der Waals surface area contributed by atoms with Gasteiger partial charge in [-0.25, -0.2) is 0 Å². The van der Waals surface area contributed by atoms with E-state index < -0.39 is 0 Å². The van der Waals surface area contributed by atoms with Crippen LogP contribution in [-0.2, 0) is 0 Å². The molecule has 0 radical (unpaired) electrons. The largest absolute Gasteiger partial charge is 0.396 e. The van der Waals surface area contributed by atoms with Gasteiger partial charge in [0.05, 0.1) is 0 Å². The number of hydrogen-bond donors (Lipinski definition) is 2. The zero-order valence-electron chi connectivity index (χ0n) is 12.7. The number of carbonyl (C=O) groups excluding carboxylic acids is 1. The maximum absolute atomic E-state index is 12.2. The minimum atomic E-state index is 0.00698. The summed E-state index contributed by atoms with van der Waals surface area (Å²) in [5.41, 5.74) is 1.88. The van der Waals surface area contributed by atoms with E-state index in [1.165, 1.54) is 5.69 Å². The third-order valence-electron chi connectivity index (χ3n) is 3.82. The maximum atomic E-state index is 12.2. The molecule has 2 rings (SSSR count). The van der Waals surface area contributed by atoms with Gasteiger partial charge in [0.15, 0.2) is 0 Å². The van der Waals surface area contributed by atoms with Gasteiger partial charge in [-0.05, 0) is 43.7 Å². The predicted molar refractivity (Wildman–Crippen MR) is 84.8 cm³/mol. The molecule has 1 heterocycles. The lowest BCUT2D eigenvalue weighted by Crippen LogP contribution is -2.29. The Bertz CT molecular complexity index is 439. The Morgan fingerprint density at radius 1 is 1.29 bits per heavy atom. The Hall–Kier alpha value is -1.59. The normalized spacial score (nSPS) is 15.6. The van der Waals surface area contributed by atoms with E-state index in [-0.39, 0.29) is 12.5 Å². The molecule has 0 aliphatic carbocycles. The average molecular weight is 291 g/mol. The van der Waals surface area contributed by atoms with E-state index in [2.05, 4.69) is 10.2 Å². The minimum Gasteiger partial charge on any atom is -0.396 e. The lowest BCUT2D eigenvalue weighted by Gasteiger charge is -2.23. The Balaban J connectivity index is 1.99. The molecule has 1 aliphatic rings. The van der Waals surface area contributed by atoms with Crippen molar-refractivity contribution in [3.63, 3.8) is 0 Å². The van der Waals surface area contributed by atoms with E-state index in [4.69, 9.17) is 5.11 Å². The summed E-state index contributed by atoms with van der Waals surface area (Å²) in [5.74, 6) is 0.00698. The van der Waals surface area contributed by atoms with E-state index >= 15 is 0 Å². The van der Waals surface area contributed by atoms with Crippen LogP contribution in [0.15, 0.2) is 24.3 Å². The van der Waals surface area contributed by atoms with Crippen LogP contribution in [0.2, 0.25) is 0 Å². The van der Waals surface area contributed by atoms with Gasteiger partial charge in [0.25, 0.3) is 5.91 Å². The highest BCUT2D eigenvalue weighted by Crippen LogP contribution is 2.17. The first kappa shape index (κ1) is 15.8. The molecule has 2 N–H and O–H groups in total. The summed E-state index contributed by atoms with van der Waals surface area (Å²) in [4.78, 5) is 16.2. The van der Waals surface area contributed by atoms with Gasteiger partial charge in [-0.1, -0.05) is 0 Å². The average Bonchev–Trinajstić information content (AvgIpc) is 2.81. The second-order valence-corrected chi connectivity index (χ2v) is 5.44. The van der Waals surface area contributed by atoms with E-state index in [1.54, 1.807) is 11.9 Å². The van der Waals surface area contributed by atoms with Crippen molar-refractivity contribution < 1.29 is 9.90 Å². The quantitative estimate of drug-likeness (QED) is 0.848. The topological polar surface area (TPSA) is 55.8 Å². The van der Waals surface area contributed by atoms with Crippen LogP contribution in [0.3, 0.4) is 0 Å². The summed E-state index contributed by atoms with van der Waals surface area (Å²) in [6, 6.07) is 7.84. The fourth-order valence-corrected chi connectivity index (χ4v) is 2.55. The maximum Gasteiger partial charge on any atom is 0.253 e. The van der Waals surface area contributed by atoms with Gasteiger partial charge < -0.3 is 20.2 Å². The molecule has 0 bridgehead atoms. The summed E-state index contributed by atoms with van der Waals surface area (Å²) < 4.78 is 0. The van der Waals surface area contributed by atoms with Gasteiger partial charge >= 0.3 is 0 Å². The van der Waals surface area contributed by atoms with Gasteiger partial charge in [-0.15, -0.1) is 0 Å². The van der Waals surface area contributed by atoms with Crippen LogP contribution in [0.4, 0.5) is 5.69 Å². The Morgan fingerprint density at radius 3 is 2.76 bits per heavy atom. The number of aliphatic hydroxyl groups excluding tert-OH is 1. The Morgan fingerprint density at radius 2 is 2.05 bits per heavy atom. The summed E-state index contributed by atoms with van der Waals surface area (Å²) in [5, 5.41) is 12.2. The molecule has 21 heavy (non-hydrogen) atoms. The fourth-order valence-electron chi connectivity index (χ4n) is 2.55. The first-order valence-corrected chi connectivity index (χ1v) is 7.64. The van der Waals surface area contributed by atoms with Crippen LogP contribution in [0.25, 0.3) is 0 Å². The number of anilines is 1. The van der Waals surface area contributed by atoms with Crippen molar-refractivity contribution in [3.05, 3.63) is 29.8 Å². The molecule has 0 spiro atoms. The third kappa shape index (κ3) is 4.44. The van der Waals surface area contributed by atoms with Gasteiger partial charge in [-0.3, -0.25) is 4.79 Å². The first-order chi connectivity index (χ1) is 10.2. The monoisotopic (exact) mass is 291 g/mol. The van der Waals surface area contributed by atoms with Crippen molar-refractivity contribution in [2.45, 2.75) is 12.8 Å². The number of nitrogens with one attached hydrogen (secondary N) is 1. The molecule has 1 aromatic rings. The predicted octanol–water partition coefficient (Wildman–Crippen LogP) is 0.941. The molecule has 0 saturated carbocycles. The van der Waals surface area contributed by atoms with Gasteiger partial charge in [0.2, 0.25) is 0 Å². The fraction of sp³-hybridized carbons (Fsp3) is 0.562. The number of rotatable bonds is 5. The molecular formula is C16H25N3O2. The molecular weight excluding hydrogens is 266 g/mol. The van der Waals surface area contributed by atoms with Crippen LogP contribution in [0.1, 0.15) is 23.2 Å². The van der Waals surface area contributed by atoms with Crippen molar-refractivity contribution in [3.8, 4) is 0 Å². The highest BCUT2D eigenvalue weighted by atomic mass is 16.3. The number of amides is 1. The van der Waals surface area contributed by atoms with Gasteiger partial charge in [0.1, 0.15) is 0 Å².